The van der Waals surface area contributed by atoms with Gasteiger partial charge in [0.2, 0.25) is 0 Å². The Bertz CT molecular complexity index is 1220. The average molecular weight is 423 g/mol. The largest absolute Gasteiger partial charge is 0.573 e. The molecule has 0 bridgehead atoms. The number of benzene rings is 3. The Kier molecular flexibility index (Phi) is 4.58. The predicted octanol–water partition coefficient (Wildman–Crippen LogP) is 6.09. The van der Waals surface area contributed by atoms with Gasteiger partial charge >= 0.3 is 6.36 Å². The highest BCUT2D eigenvalue weighted by Crippen LogP contribution is 2.35. The summed E-state index contributed by atoms with van der Waals surface area (Å²) >= 11 is 6.15. The molecule has 0 aliphatic heterocycles. The zero-order valence-corrected chi connectivity index (χ0v) is 15.2. The molecule has 1 aromatic heterocycles. The molecule has 0 fully saturated rings. The van der Waals surface area contributed by atoms with E-state index in [2.05, 4.69) is 9.84 Å². The van der Waals surface area contributed by atoms with Gasteiger partial charge < -0.3 is 9.84 Å². The van der Waals surface area contributed by atoms with Crippen LogP contribution in [0.2, 0.25) is 5.02 Å². The van der Waals surface area contributed by atoms with Crippen molar-refractivity contribution in [2.24, 2.45) is 0 Å². The number of phenolic OH excluding ortho intramolecular Hbond substituents is 1. The first-order chi connectivity index (χ1) is 13.7. The second-order valence-electron chi connectivity index (χ2n) is 6.16. The number of hydrogen-bond donors (Lipinski definition) is 1. The van der Waals surface area contributed by atoms with Crippen molar-refractivity contribution < 1.29 is 27.4 Å². The number of nitrogens with zero attached hydrogens (tertiary/aromatic N) is 2. The Morgan fingerprint density at radius 1 is 1.00 bits per heavy atom. The van der Waals surface area contributed by atoms with Crippen molar-refractivity contribution in [3.63, 3.8) is 0 Å². The predicted molar refractivity (Wildman–Crippen MR) is 99.8 cm³/mol. The number of phenols is 1. The Hall–Kier alpha value is -3.26. The minimum absolute atomic E-state index is 0.0990. The zero-order valence-electron chi connectivity index (χ0n) is 14.4. The van der Waals surface area contributed by atoms with Gasteiger partial charge in [0, 0.05) is 17.0 Å². The van der Waals surface area contributed by atoms with Gasteiger partial charge in [-0.3, -0.25) is 0 Å². The number of hydrogen-bond acceptors (Lipinski definition) is 3. The maximum atomic E-state index is 13.3. The molecule has 0 unspecified atom stereocenters. The van der Waals surface area contributed by atoms with Crippen molar-refractivity contribution in [3.05, 3.63) is 71.6 Å². The minimum Gasteiger partial charge on any atom is -0.505 e. The lowest BCUT2D eigenvalue weighted by molar-refractivity contribution is -0.274. The van der Waals surface area contributed by atoms with Gasteiger partial charge in [-0.05, 0) is 48.0 Å². The third kappa shape index (κ3) is 3.84. The SMILES string of the molecule is Oc1cc(-n2ncc3cc(-c4ccc(OC(F)(F)F)cc4Cl)ccc32)ccc1F. The standard InChI is InChI=1S/C20H11ClF4N2O2/c21-16-9-14(29-20(23,24)25)3-4-15(16)11-1-6-18-12(7-11)10-26-27(18)13-2-5-17(22)19(28)8-13/h1-10,28H. The van der Waals surface area contributed by atoms with Crippen LogP contribution in [0.1, 0.15) is 0 Å². The van der Waals surface area contributed by atoms with Gasteiger partial charge in [0.15, 0.2) is 11.6 Å². The van der Waals surface area contributed by atoms with Gasteiger partial charge in [-0.2, -0.15) is 5.10 Å². The van der Waals surface area contributed by atoms with Crippen LogP contribution in [0.5, 0.6) is 11.5 Å². The summed E-state index contributed by atoms with van der Waals surface area (Å²) in [6, 6.07) is 12.8. The van der Waals surface area contributed by atoms with E-state index >= 15 is 0 Å². The first-order valence-corrected chi connectivity index (χ1v) is 8.61. The van der Waals surface area contributed by atoms with Crippen LogP contribution in [0, 0.1) is 5.82 Å². The van der Waals surface area contributed by atoms with Crippen LogP contribution in [0.4, 0.5) is 17.6 Å². The van der Waals surface area contributed by atoms with Crippen LogP contribution in [0.25, 0.3) is 27.7 Å². The van der Waals surface area contributed by atoms with Crippen molar-refractivity contribution in [2.45, 2.75) is 6.36 Å². The van der Waals surface area contributed by atoms with E-state index in [0.717, 1.165) is 17.5 Å². The molecule has 0 saturated heterocycles. The summed E-state index contributed by atoms with van der Waals surface area (Å²) in [4.78, 5) is 0. The first-order valence-electron chi connectivity index (χ1n) is 8.23. The smallest absolute Gasteiger partial charge is 0.505 e. The fourth-order valence-electron chi connectivity index (χ4n) is 2.97. The van der Waals surface area contributed by atoms with Crippen LogP contribution in [-0.2, 0) is 0 Å². The van der Waals surface area contributed by atoms with E-state index in [4.69, 9.17) is 11.6 Å². The van der Waals surface area contributed by atoms with Gasteiger partial charge in [0.1, 0.15) is 5.75 Å². The molecule has 0 aliphatic rings. The lowest BCUT2D eigenvalue weighted by atomic mass is 10.0. The van der Waals surface area contributed by atoms with E-state index in [1.807, 2.05) is 0 Å². The fourth-order valence-corrected chi connectivity index (χ4v) is 3.25. The molecule has 0 radical (unpaired) electrons. The summed E-state index contributed by atoms with van der Waals surface area (Å²) in [5.41, 5.74) is 2.35. The Balaban J connectivity index is 1.71. The highest BCUT2D eigenvalue weighted by atomic mass is 35.5. The van der Waals surface area contributed by atoms with Gasteiger partial charge in [-0.1, -0.05) is 17.7 Å². The maximum Gasteiger partial charge on any atom is 0.573 e. The first kappa shape index (κ1) is 19.1. The molecule has 29 heavy (non-hydrogen) atoms. The van der Waals surface area contributed by atoms with Crippen molar-refractivity contribution in [1.29, 1.82) is 0 Å². The summed E-state index contributed by atoms with van der Waals surface area (Å²) in [6.07, 6.45) is -3.22. The molecule has 0 aliphatic carbocycles. The normalized spacial score (nSPS) is 11.8. The van der Waals surface area contributed by atoms with Crippen molar-refractivity contribution in [1.82, 2.24) is 9.78 Å². The van der Waals surface area contributed by atoms with Crippen molar-refractivity contribution in [2.75, 3.05) is 0 Å². The summed E-state index contributed by atoms with van der Waals surface area (Å²) in [6.45, 7) is 0. The summed E-state index contributed by atoms with van der Waals surface area (Å²) in [5, 5.41) is 14.6. The van der Waals surface area contributed by atoms with Crippen LogP contribution < -0.4 is 4.74 Å². The van der Waals surface area contributed by atoms with Crippen molar-refractivity contribution >= 4 is 22.5 Å². The lowest BCUT2D eigenvalue weighted by Crippen LogP contribution is -2.17. The third-order valence-electron chi connectivity index (χ3n) is 4.23. The molecule has 1 N–H and O–H groups in total. The molecule has 4 nitrogen and oxygen atoms in total. The summed E-state index contributed by atoms with van der Waals surface area (Å²) < 4.78 is 55.7. The highest BCUT2D eigenvalue weighted by molar-refractivity contribution is 6.33. The third-order valence-corrected chi connectivity index (χ3v) is 4.54. The summed E-state index contributed by atoms with van der Waals surface area (Å²) in [5.74, 6) is -1.63. The van der Waals surface area contributed by atoms with E-state index in [9.17, 15) is 22.7 Å². The molecule has 0 saturated carbocycles. The number of aromatic hydroxyl groups is 1. The Morgan fingerprint density at radius 3 is 2.48 bits per heavy atom. The molecular formula is C20H11ClF4N2O2. The number of rotatable bonds is 3. The number of fused-ring (bicyclic) bond motifs is 1. The Labute approximate surface area is 166 Å². The minimum atomic E-state index is -4.80. The quantitative estimate of drug-likeness (QED) is 0.406. The number of alkyl halides is 3. The lowest BCUT2D eigenvalue weighted by Gasteiger charge is -2.11. The molecular weight excluding hydrogens is 412 g/mol. The molecule has 3 aromatic carbocycles. The van der Waals surface area contributed by atoms with E-state index in [1.165, 1.54) is 28.9 Å². The van der Waals surface area contributed by atoms with Gasteiger partial charge in [-0.15, -0.1) is 13.2 Å². The van der Waals surface area contributed by atoms with Gasteiger partial charge in [0.25, 0.3) is 0 Å². The second-order valence-corrected chi connectivity index (χ2v) is 6.56. The molecule has 0 atom stereocenters. The second kappa shape index (κ2) is 6.97. The van der Waals surface area contributed by atoms with Gasteiger partial charge in [0.05, 0.1) is 22.4 Å². The molecule has 4 aromatic rings. The molecule has 148 valence electrons. The average Bonchev–Trinajstić information content (AvgIpc) is 3.06. The van der Waals surface area contributed by atoms with E-state index in [1.54, 1.807) is 24.4 Å². The van der Waals surface area contributed by atoms with Crippen LogP contribution >= 0.6 is 11.6 Å². The molecule has 0 spiro atoms. The molecule has 9 heteroatoms. The number of ether oxygens (including phenoxy) is 1. The molecule has 1 heterocycles. The fraction of sp³-hybridized carbons (Fsp3) is 0.0500. The maximum absolute atomic E-state index is 13.3. The highest BCUT2D eigenvalue weighted by Gasteiger charge is 2.31. The Morgan fingerprint density at radius 2 is 1.79 bits per heavy atom. The van der Waals surface area contributed by atoms with Crippen LogP contribution in [0.3, 0.4) is 0 Å². The van der Waals surface area contributed by atoms with E-state index in [0.29, 0.717) is 22.3 Å². The topological polar surface area (TPSA) is 47.3 Å². The number of aromatic nitrogens is 2. The zero-order chi connectivity index (χ0) is 20.8. The summed E-state index contributed by atoms with van der Waals surface area (Å²) in [7, 11) is 0. The monoisotopic (exact) mass is 422 g/mol. The number of halogens is 5. The van der Waals surface area contributed by atoms with E-state index < -0.39 is 23.7 Å². The van der Waals surface area contributed by atoms with E-state index in [-0.39, 0.29) is 5.02 Å². The van der Waals surface area contributed by atoms with Crippen LogP contribution in [-0.4, -0.2) is 21.2 Å². The molecule has 0 amide bonds. The van der Waals surface area contributed by atoms with Gasteiger partial charge in [-0.25, -0.2) is 9.07 Å². The van der Waals surface area contributed by atoms with Crippen molar-refractivity contribution in [3.8, 4) is 28.3 Å². The molecule has 4 rings (SSSR count). The van der Waals surface area contributed by atoms with Crippen LogP contribution in [0.15, 0.2) is 60.8 Å².